The second-order valence-corrected chi connectivity index (χ2v) is 4.62. The maximum absolute atomic E-state index is 11.6. The van der Waals surface area contributed by atoms with Gasteiger partial charge in [-0.15, -0.1) is 0 Å². The molecule has 17 heavy (non-hydrogen) atoms. The minimum Gasteiger partial charge on any atom is -0.398 e. The van der Waals surface area contributed by atoms with E-state index in [0.717, 1.165) is 25.2 Å². The second-order valence-electron chi connectivity index (χ2n) is 4.62. The topological polar surface area (TPSA) is 49.6 Å². The summed E-state index contributed by atoms with van der Waals surface area (Å²) in [5, 5.41) is 0. The average Bonchev–Trinajstić information content (AvgIpc) is 2.70. The lowest BCUT2D eigenvalue weighted by atomic mass is 10.1. The summed E-state index contributed by atoms with van der Waals surface area (Å²) in [6.45, 7) is 1.73. The van der Waals surface area contributed by atoms with E-state index in [-0.39, 0.29) is 5.91 Å². The summed E-state index contributed by atoms with van der Waals surface area (Å²) in [5.74, 6) is 0.169. The van der Waals surface area contributed by atoms with Gasteiger partial charge in [-0.1, -0.05) is 6.07 Å². The molecule has 0 saturated heterocycles. The van der Waals surface area contributed by atoms with E-state index in [0.29, 0.717) is 6.42 Å². The predicted octanol–water partition coefficient (Wildman–Crippen LogP) is 1.11. The van der Waals surface area contributed by atoms with E-state index in [1.165, 1.54) is 11.3 Å². The van der Waals surface area contributed by atoms with Crippen molar-refractivity contribution in [3.05, 3.63) is 23.8 Å². The minimum absolute atomic E-state index is 0.169. The highest BCUT2D eigenvalue weighted by atomic mass is 16.2. The Balaban J connectivity index is 2.03. The molecule has 1 aromatic rings. The number of rotatable bonds is 3. The van der Waals surface area contributed by atoms with E-state index >= 15 is 0 Å². The lowest BCUT2D eigenvalue weighted by Crippen LogP contribution is -2.29. The maximum Gasteiger partial charge on any atom is 0.223 e. The summed E-state index contributed by atoms with van der Waals surface area (Å²) in [6, 6.07) is 5.99. The molecule has 0 bridgehead atoms. The number of hydrogen-bond acceptors (Lipinski definition) is 3. The van der Waals surface area contributed by atoms with Gasteiger partial charge in [-0.05, 0) is 18.6 Å². The molecule has 0 saturated carbocycles. The Bertz CT molecular complexity index is 429. The Morgan fingerprint density at radius 3 is 2.94 bits per heavy atom. The molecule has 92 valence electrons. The van der Waals surface area contributed by atoms with Crippen molar-refractivity contribution in [2.75, 3.05) is 37.8 Å². The number of hydrogen-bond donors (Lipinski definition) is 1. The first-order valence-electron chi connectivity index (χ1n) is 5.92. The SMILES string of the molecule is CN(C)C(=O)CCN1CCc2c(N)cccc21. The van der Waals surface area contributed by atoms with Gasteiger partial charge in [0.1, 0.15) is 0 Å². The zero-order valence-corrected chi connectivity index (χ0v) is 10.4. The fourth-order valence-electron chi connectivity index (χ4n) is 2.21. The quantitative estimate of drug-likeness (QED) is 0.796. The number of amides is 1. The molecular formula is C13H19N3O. The van der Waals surface area contributed by atoms with Gasteiger partial charge >= 0.3 is 0 Å². The van der Waals surface area contributed by atoms with Gasteiger partial charge in [0.25, 0.3) is 0 Å². The molecule has 1 heterocycles. The highest BCUT2D eigenvalue weighted by molar-refractivity contribution is 5.76. The molecule has 0 spiro atoms. The van der Waals surface area contributed by atoms with Crippen LogP contribution in [0, 0.1) is 0 Å². The Morgan fingerprint density at radius 1 is 1.47 bits per heavy atom. The van der Waals surface area contributed by atoms with Gasteiger partial charge in [-0.2, -0.15) is 0 Å². The van der Waals surface area contributed by atoms with Crippen LogP contribution in [0.2, 0.25) is 0 Å². The normalized spacial score (nSPS) is 13.6. The highest BCUT2D eigenvalue weighted by Gasteiger charge is 2.21. The minimum atomic E-state index is 0.169. The first-order chi connectivity index (χ1) is 8.09. The largest absolute Gasteiger partial charge is 0.398 e. The van der Waals surface area contributed by atoms with Crippen LogP contribution < -0.4 is 10.6 Å². The third kappa shape index (κ3) is 2.35. The lowest BCUT2D eigenvalue weighted by molar-refractivity contribution is -0.128. The molecule has 0 fully saturated rings. The second kappa shape index (κ2) is 4.65. The summed E-state index contributed by atoms with van der Waals surface area (Å²) in [4.78, 5) is 15.4. The van der Waals surface area contributed by atoms with Crippen LogP contribution in [-0.2, 0) is 11.2 Å². The standard InChI is InChI=1S/C13H19N3O/c1-15(2)13(17)7-9-16-8-6-10-11(14)4-3-5-12(10)16/h3-5H,6-9,14H2,1-2H3. The summed E-state index contributed by atoms with van der Waals surface area (Å²) >= 11 is 0. The number of carbonyl (C=O) groups excluding carboxylic acids is 1. The molecule has 4 heteroatoms. The van der Waals surface area contributed by atoms with Crippen LogP contribution in [0.15, 0.2) is 18.2 Å². The van der Waals surface area contributed by atoms with Gasteiger partial charge in [0.2, 0.25) is 5.91 Å². The van der Waals surface area contributed by atoms with Crippen LogP contribution in [0.25, 0.3) is 0 Å². The summed E-state index contributed by atoms with van der Waals surface area (Å²) < 4.78 is 0. The molecule has 0 aromatic heterocycles. The molecule has 2 rings (SSSR count). The molecule has 0 unspecified atom stereocenters. The van der Waals surface area contributed by atoms with Crippen molar-refractivity contribution < 1.29 is 4.79 Å². The average molecular weight is 233 g/mol. The zero-order valence-electron chi connectivity index (χ0n) is 10.4. The van der Waals surface area contributed by atoms with Gasteiger partial charge in [0.05, 0.1) is 0 Å². The van der Waals surface area contributed by atoms with E-state index in [4.69, 9.17) is 5.73 Å². The Morgan fingerprint density at radius 2 is 2.24 bits per heavy atom. The van der Waals surface area contributed by atoms with Crippen LogP contribution >= 0.6 is 0 Å². The van der Waals surface area contributed by atoms with Crippen LogP contribution in [0.1, 0.15) is 12.0 Å². The van der Waals surface area contributed by atoms with Gasteiger partial charge in [0.15, 0.2) is 0 Å². The van der Waals surface area contributed by atoms with Gasteiger partial charge < -0.3 is 15.5 Å². The first kappa shape index (κ1) is 11.8. The van der Waals surface area contributed by atoms with E-state index in [9.17, 15) is 4.79 Å². The lowest BCUT2D eigenvalue weighted by Gasteiger charge is -2.20. The number of nitrogens with two attached hydrogens (primary N) is 1. The van der Waals surface area contributed by atoms with E-state index in [1.54, 1.807) is 19.0 Å². The Kier molecular flexibility index (Phi) is 3.22. The maximum atomic E-state index is 11.6. The van der Waals surface area contributed by atoms with E-state index in [1.807, 2.05) is 12.1 Å². The Labute approximate surface area is 102 Å². The molecule has 1 aliphatic heterocycles. The smallest absolute Gasteiger partial charge is 0.223 e. The number of anilines is 2. The van der Waals surface area contributed by atoms with E-state index < -0.39 is 0 Å². The Hall–Kier alpha value is -1.71. The number of fused-ring (bicyclic) bond motifs is 1. The van der Waals surface area contributed by atoms with Crippen molar-refractivity contribution in [2.45, 2.75) is 12.8 Å². The zero-order chi connectivity index (χ0) is 12.4. The molecule has 0 aliphatic carbocycles. The predicted molar refractivity (Wildman–Crippen MR) is 70.1 cm³/mol. The van der Waals surface area contributed by atoms with Crippen LogP contribution in [0.5, 0.6) is 0 Å². The van der Waals surface area contributed by atoms with Gasteiger partial charge in [-0.25, -0.2) is 0 Å². The van der Waals surface area contributed by atoms with Crippen LogP contribution in [0.4, 0.5) is 11.4 Å². The number of nitrogen functional groups attached to an aromatic ring is 1. The first-order valence-corrected chi connectivity index (χ1v) is 5.92. The highest BCUT2D eigenvalue weighted by Crippen LogP contribution is 2.31. The molecule has 2 N–H and O–H groups in total. The van der Waals surface area contributed by atoms with Crippen molar-refractivity contribution >= 4 is 17.3 Å². The molecule has 1 aliphatic rings. The van der Waals surface area contributed by atoms with E-state index in [2.05, 4.69) is 11.0 Å². The summed E-state index contributed by atoms with van der Waals surface area (Å²) in [7, 11) is 3.58. The summed E-state index contributed by atoms with van der Waals surface area (Å²) in [6.07, 6.45) is 1.54. The fourth-order valence-corrected chi connectivity index (χ4v) is 2.21. The molecule has 1 aromatic carbocycles. The number of carbonyl (C=O) groups is 1. The van der Waals surface area contributed by atoms with Gasteiger partial charge in [-0.3, -0.25) is 4.79 Å². The third-order valence-electron chi connectivity index (χ3n) is 3.25. The molecule has 1 amide bonds. The van der Waals surface area contributed by atoms with Crippen molar-refractivity contribution in [3.8, 4) is 0 Å². The molecule has 4 nitrogen and oxygen atoms in total. The monoisotopic (exact) mass is 233 g/mol. The van der Waals surface area contributed by atoms with Gasteiger partial charge in [0, 0.05) is 50.5 Å². The van der Waals surface area contributed by atoms with Crippen molar-refractivity contribution in [3.63, 3.8) is 0 Å². The summed E-state index contributed by atoms with van der Waals surface area (Å²) in [5.41, 5.74) is 9.22. The molecular weight excluding hydrogens is 214 g/mol. The third-order valence-corrected chi connectivity index (χ3v) is 3.25. The number of benzene rings is 1. The van der Waals surface area contributed by atoms with Crippen molar-refractivity contribution in [2.24, 2.45) is 0 Å². The van der Waals surface area contributed by atoms with Crippen LogP contribution in [-0.4, -0.2) is 38.0 Å². The van der Waals surface area contributed by atoms with Crippen molar-refractivity contribution in [1.29, 1.82) is 0 Å². The van der Waals surface area contributed by atoms with Crippen LogP contribution in [0.3, 0.4) is 0 Å². The fraction of sp³-hybridized carbons (Fsp3) is 0.462. The number of nitrogens with zero attached hydrogens (tertiary/aromatic N) is 2. The van der Waals surface area contributed by atoms with Crippen molar-refractivity contribution in [1.82, 2.24) is 4.90 Å². The molecule has 0 radical (unpaired) electrons. The molecule has 0 atom stereocenters.